The molecule has 0 fully saturated rings. The third-order valence-electron chi connectivity index (χ3n) is 6.06. The second-order valence-corrected chi connectivity index (χ2v) is 8.12. The lowest BCUT2D eigenvalue weighted by Gasteiger charge is -2.10. The minimum atomic E-state index is -0.613. The van der Waals surface area contributed by atoms with Crippen LogP contribution in [-0.2, 0) is 7.05 Å². The molecule has 0 aliphatic carbocycles. The zero-order valence-corrected chi connectivity index (χ0v) is 20.6. The Morgan fingerprint density at radius 2 is 2.08 bits per heavy atom. The van der Waals surface area contributed by atoms with Crippen molar-refractivity contribution in [3.05, 3.63) is 47.9 Å². The summed E-state index contributed by atoms with van der Waals surface area (Å²) >= 11 is 0. The van der Waals surface area contributed by atoms with Crippen molar-refractivity contribution in [1.82, 2.24) is 19.5 Å². The lowest BCUT2D eigenvalue weighted by atomic mass is 10.1. The van der Waals surface area contributed by atoms with Gasteiger partial charge >= 0.3 is 11.7 Å². The van der Waals surface area contributed by atoms with Crippen molar-refractivity contribution in [2.45, 2.75) is 13.8 Å². The van der Waals surface area contributed by atoms with Gasteiger partial charge in [0.1, 0.15) is 35.1 Å². The monoisotopic (exact) mass is 497 g/mol. The van der Waals surface area contributed by atoms with Gasteiger partial charge in [-0.1, -0.05) is 6.08 Å². The van der Waals surface area contributed by atoms with Crippen molar-refractivity contribution in [3.63, 3.8) is 0 Å². The summed E-state index contributed by atoms with van der Waals surface area (Å²) in [6, 6.07) is 2.83. The molecule has 0 amide bonds. The molecule has 0 unspecified atom stereocenters. The average Bonchev–Trinajstić information content (AvgIpc) is 3.20. The van der Waals surface area contributed by atoms with Gasteiger partial charge in [0, 0.05) is 24.9 Å². The fourth-order valence-corrected chi connectivity index (χ4v) is 4.35. The zero-order chi connectivity index (χ0) is 26.4. The maximum Gasteiger partial charge on any atom is 0.343 e. The average molecular weight is 498 g/mol. The Bertz CT molecular complexity index is 1880. The normalized spacial score (nSPS) is 12.4. The number of rotatable bonds is 3. The molecule has 5 rings (SSSR count). The van der Waals surface area contributed by atoms with Crippen LogP contribution >= 0.6 is 0 Å². The van der Waals surface area contributed by atoms with Gasteiger partial charge in [0.25, 0.3) is 0 Å². The Hall–Kier alpha value is -5.11. The number of amidine groups is 1. The van der Waals surface area contributed by atoms with Crippen LogP contribution in [0, 0.1) is 18.2 Å². The quantitative estimate of drug-likeness (QED) is 0.134. The van der Waals surface area contributed by atoms with Crippen molar-refractivity contribution < 1.29 is 18.3 Å². The number of hydrogen-bond donors (Lipinski definition) is 1. The van der Waals surface area contributed by atoms with Crippen LogP contribution in [0.4, 0.5) is 10.2 Å². The smallest absolute Gasteiger partial charge is 0.343 e. The number of terminal acetylenes is 1. The fourth-order valence-electron chi connectivity index (χ4n) is 4.35. The van der Waals surface area contributed by atoms with E-state index in [0.717, 1.165) is 0 Å². The van der Waals surface area contributed by atoms with Gasteiger partial charge in [-0.25, -0.2) is 24.3 Å². The summed E-state index contributed by atoms with van der Waals surface area (Å²) in [6.45, 7) is 7.10. The van der Waals surface area contributed by atoms with Gasteiger partial charge in [0.15, 0.2) is 17.1 Å². The molecule has 11 heteroatoms. The largest absolute Gasteiger partial charge is 0.496 e. The van der Waals surface area contributed by atoms with Crippen LogP contribution in [0.1, 0.15) is 19.5 Å². The number of nitrogens with two attached hydrogens (primary N) is 1. The Labute approximate surface area is 210 Å². The van der Waals surface area contributed by atoms with E-state index in [1.807, 2.05) is 6.92 Å². The van der Waals surface area contributed by atoms with E-state index in [9.17, 15) is 0 Å². The Morgan fingerprint density at radius 1 is 1.30 bits per heavy atom. The van der Waals surface area contributed by atoms with E-state index in [2.05, 4.69) is 37.6 Å². The van der Waals surface area contributed by atoms with Crippen molar-refractivity contribution in [2.24, 2.45) is 17.0 Å². The van der Waals surface area contributed by atoms with Crippen LogP contribution < -0.4 is 19.6 Å². The fraction of sp³-hybridized carbons (Fsp3) is 0.154. The van der Waals surface area contributed by atoms with E-state index < -0.39 is 5.82 Å². The molecular weight excluding hydrogens is 475 g/mol. The Balaban J connectivity index is 2.01. The number of aromatic nitrogens is 5. The van der Waals surface area contributed by atoms with Gasteiger partial charge in [-0.15, -0.1) is 6.42 Å². The molecule has 0 aromatic carbocycles. The highest BCUT2D eigenvalue weighted by molar-refractivity contribution is 6.23. The second kappa shape index (κ2) is 8.83. The predicted molar refractivity (Wildman–Crippen MR) is 140 cm³/mol. The molecule has 0 spiro atoms. The molecule has 0 bridgehead atoms. The van der Waals surface area contributed by atoms with Gasteiger partial charge in [0.05, 0.1) is 23.4 Å². The summed E-state index contributed by atoms with van der Waals surface area (Å²) in [5.41, 5.74) is 8.88. The predicted octanol–water partition coefficient (Wildman–Crippen LogP) is 3.48. The summed E-state index contributed by atoms with van der Waals surface area (Å²) in [6.07, 6.45) is 10.4. The lowest BCUT2D eigenvalue weighted by Crippen LogP contribution is -2.27. The van der Waals surface area contributed by atoms with Gasteiger partial charge in [0.2, 0.25) is 5.69 Å². The van der Waals surface area contributed by atoms with Crippen LogP contribution in [0.25, 0.3) is 38.5 Å². The number of aliphatic imine (C=N–C) groups is 2. The molecule has 2 N–H and O–H groups in total. The summed E-state index contributed by atoms with van der Waals surface area (Å²) in [4.78, 5) is 21.2. The number of halogens is 1. The van der Waals surface area contributed by atoms with Crippen molar-refractivity contribution in [3.8, 4) is 23.8 Å². The van der Waals surface area contributed by atoms with Crippen LogP contribution in [0.3, 0.4) is 0 Å². The summed E-state index contributed by atoms with van der Waals surface area (Å²) in [5.74, 6) is 2.68. The van der Waals surface area contributed by atoms with E-state index in [4.69, 9.17) is 21.6 Å². The van der Waals surface area contributed by atoms with Crippen LogP contribution in [-0.4, -0.2) is 39.4 Å². The van der Waals surface area contributed by atoms with E-state index in [-0.39, 0.29) is 23.1 Å². The lowest BCUT2D eigenvalue weighted by molar-refractivity contribution is -0.484. The molecule has 0 atom stereocenters. The van der Waals surface area contributed by atoms with E-state index in [1.54, 1.807) is 41.3 Å². The molecular formula is C26H22FN8O2+. The number of nitrogen functional groups attached to an aromatic ring is 1. The third-order valence-corrected chi connectivity index (χ3v) is 6.06. The Kier molecular flexibility index (Phi) is 5.64. The van der Waals surface area contributed by atoms with Gasteiger partial charge in [-0.3, -0.25) is 0 Å². The highest BCUT2D eigenvalue weighted by atomic mass is 19.1. The first-order chi connectivity index (χ1) is 17.8. The molecule has 5 aromatic heterocycles. The zero-order valence-electron chi connectivity index (χ0n) is 20.6. The molecule has 5 aromatic rings. The van der Waals surface area contributed by atoms with E-state index in [0.29, 0.717) is 50.1 Å². The molecule has 0 aliphatic heterocycles. The first kappa shape index (κ1) is 23.6. The summed E-state index contributed by atoms with van der Waals surface area (Å²) in [7, 11) is 3.33. The molecule has 0 saturated carbocycles. The topological polar surface area (TPSA) is 117 Å². The number of methoxy groups -OCH3 is 1. The number of hydrogen-bond acceptors (Lipinski definition) is 7. The first-order valence-electron chi connectivity index (χ1n) is 11.1. The molecule has 184 valence electrons. The van der Waals surface area contributed by atoms with Gasteiger partial charge in [-0.2, -0.15) is 4.40 Å². The van der Waals surface area contributed by atoms with Crippen LogP contribution in [0.5, 0.6) is 11.5 Å². The minimum Gasteiger partial charge on any atom is -0.496 e. The SMILES string of the molecule is C#Cc1cc(OC)c2c3c(c4c(N)ncnc4n3C)c3c(F)cc(O/C(N=C)=N/C(C)=C\C)c[n+]3c2n1. The van der Waals surface area contributed by atoms with E-state index >= 15 is 4.39 Å². The summed E-state index contributed by atoms with van der Waals surface area (Å²) < 4.78 is 30.9. The van der Waals surface area contributed by atoms with Crippen molar-refractivity contribution >= 4 is 57.0 Å². The number of allylic oxidation sites excluding steroid dienone is 2. The minimum absolute atomic E-state index is 0.0435. The molecule has 0 saturated heterocycles. The number of nitrogens with zero attached hydrogens (tertiary/aromatic N) is 7. The summed E-state index contributed by atoms with van der Waals surface area (Å²) in [5, 5.41) is 1.56. The molecule has 0 radical (unpaired) electrons. The maximum absolute atomic E-state index is 16.0. The third kappa shape index (κ3) is 3.58. The number of aryl methyl sites for hydroxylation is 1. The number of fused-ring (bicyclic) bond motifs is 8. The number of anilines is 1. The molecule has 5 heterocycles. The van der Waals surface area contributed by atoms with Gasteiger partial charge < -0.3 is 19.8 Å². The molecule has 10 nitrogen and oxygen atoms in total. The second-order valence-electron chi connectivity index (χ2n) is 8.12. The van der Waals surface area contributed by atoms with Crippen molar-refractivity contribution in [1.29, 1.82) is 0 Å². The Morgan fingerprint density at radius 3 is 2.76 bits per heavy atom. The maximum atomic E-state index is 16.0. The van der Waals surface area contributed by atoms with Gasteiger partial charge in [-0.05, 0) is 31.5 Å². The number of ether oxygens (including phenoxy) is 2. The highest BCUT2D eigenvalue weighted by Crippen LogP contribution is 2.40. The highest BCUT2D eigenvalue weighted by Gasteiger charge is 2.30. The van der Waals surface area contributed by atoms with Crippen LogP contribution in [0.15, 0.2) is 46.4 Å². The van der Waals surface area contributed by atoms with Crippen LogP contribution in [0.2, 0.25) is 0 Å². The van der Waals surface area contributed by atoms with Crippen molar-refractivity contribution in [2.75, 3.05) is 12.8 Å². The molecule has 0 aliphatic rings. The first-order valence-corrected chi connectivity index (χ1v) is 11.1. The standard InChI is InChI=1S/C26H22FN8O2/c1-7-13(3)32-26(29-4)37-15-10-16(27)21-19-20-23(28)30-12-31-24(20)34(5)22(19)18-17(36-6)9-14(8-2)33-25(18)35(21)11-15/h2,7,9-12H,4H2,1,3,5-6H3,(H2,28,30,31)/q+1/b13-7-,32-26+. The molecule has 37 heavy (non-hydrogen) atoms. The van der Waals surface area contributed by atoms with E-state index in [1.165, 1.54) is 19.5 Å². The number of pyridine rings is 3.